The van der Waals surface area contributed by atoms with E-state index in [4.69, 9.17) is 5.73 Å². The Labute approximate surface area is 79.7 Å². The zero-order valence-electron chi connectivity index (χ0n) is 8.10. The van der Waals surface area contributed by atoms with E-state index in [1.165, 1.54) is 18.6 Å². The van der Waals surface area contributed by atoms with E-state index in [1.54, 1.807) is 0 Å². The van der Waals surface area contributed by atoms with Gasteiger partial charge in [0.2, 0.25) is 0 Å². The van der Waals surface area contributed by atoms with Crippen LogP contribution < -0.4 is 11.1 Å². The van der Waals surface area contributed by atoms with E-state index in [1.807, 2.05) is 0 Å². The maximum Gasteiger partial charge on any atom is 0.0256 e. The summed E-state index contributed by atoms with van der Waals surface area (Å²) in [6.07, 6.45) is 2.72. The highest BCUT2D eigenvalue weighted by Gasteiger charge is 2.29. The third kappa shape index (κ3) is 2.96. The molecule has 1 rings (SSSR count). The molecule has 1 aliphatic rings. The van der Waals surface area contributed by atoms with Crippen molar-refractivity contribution in [3.63, 3.8) is 0 Å². The highest BCUT2D eigenvalue weighted by atomic mass is 32.2. The molecule has 1 heterocycles. The molecule has 0 aromatic heterocycles. The quantitative estimate of drug-likeness (QED) is 0.696. The fourth-order valence-electron chi connectivity index (χ4n) is 1.45. The molecule has 1 fully saturated rings. The van der Waals surface area contributed by atoms with Crippen LogP contribution in [0, 0.1) is 0 Å². The lowest BCUT2D eigenvalue weighted by Gasteiger charge is -2.25. The van der Waals surface area contributed by atoms with Gasteiger partial charge in [-0.1, -0.05) is 0 Å². The molecule has 0 aromatic carbocycles. The summed E-state index contributed by atoms with van der Waals surface area (Å²) in [6, 6.07) is 0.461. The van der Waals surface area contributed by atoms with Gasteiger partial charge in [-0.05, 0) is 32.4 Å². The van der Waals surface area contributed by atoms with Crippen molar-refractivity contribution in [3.8, 4) is 0 Å². The van der Waals surface area contributed by atoms with Crippen molar-refractivity contribution in [3.05, 3.63) is 0 Å². The van der Waals surface area contributed by atoms with Gasteiger partial charge in [0.05, 0.1) is 0 Å². The van der Waals surface area contributed by atoms with Crippen molar-refractivity contribution in [1.29, 1.82) is 0 Å². The Bertz CT molecular complexity index is 132. The summed E-state index contributed by atoms with van der Waals surface area (Å²) in [7, 11) is 0. The first-order valence-corrected chi connectivity index (χ1v) is 5.72. The first-order chi connectivity index (χ1) is 5.66. The lowest BCUT2D eigenvalue weighted by Crippen LogP contribution is -2.41. The topological polar surface area (TPSA) is 38.0 Å². The van der Waals surface area contributed by atoms with Crippen LogP contribution in [0.25, 0.3) is 0 Å². The Morgan fingerprint density at radius 3 is 2.92 bits per heavy atom. The molecule has 0 aliphatic carbocycles. The lowest BCUT2D eigenvalue weighted by molar-refractivity contribution is 0.484. The number of rotatable bonds is 4. The minimum atomic E-state index is 0.461. The van der Waals surface area contributed by atoms with Crippen molar-refractivity contribution in [2.45, 2.75) is 37.5 Å². The second-order valence-corrected chi connectivity index (χ2v) is 5.60. The maximum atomic E-state index is 5.53. The summed E-state index contributed by atoms with van der Waals surface area (Å²) in [6.45, 7) is 6.33. The first-order valence-electron chi connectivity index (χ1n) is 4.74. The summed E-state index contributed by atoms with van der Waals surface area (Å²) in [4.78, 5) is 0. The van der Waals surface area contributed by atoms with Crippen LogP contribution in [-0.2, 0) is 0 Å². The van der Waals surface area contributed by atoms with Crippen LogP contribution in [0.5, 0.6) is 0 Å². The van der Waals surface area contributed by atoms with Crippen LogP contribution in [0.3, 0.4) is 0 Å². The molecule has 3 heteroatoms. The molecular formula is C9H20N2S. The van der Waals surface area contributed by atoms with Gasteiger partial charge in [0, 0.05) is 23.9 Å². The molecule has 0 bridgehead atoms. The van der Waals surface area contributed by atoms with Gasteiger partial charge in [0.25, 0.3) is 0 Å². The van der Waals surface area contributed by atoms with Crippen LogP contribution in [0.1, 0.15) is 26.7 Å². The standard InChI is InChI=1S/C9H20N2S/c1-8(6-10)11-7-9(2)4-3-5-12-9/h8,11H,3-7,10H2,1-2H3/t8-,9?/m1/s1. The highest BCUT2D eigenvalue weighted by Crippen LogP contribution is 2.36. The Balaban J connectivity index is 2.21. The van der Waals surface area contributed by atoms with Crippen molar-refractivity contribution < 1.29 is 0 Å². The van der Waals surface area contributed by atoms with Crippen molar-refractivity contribution in [1.82, 2.24) is 5.32 Å². The Morgan fingerprint density at radius 2 is 2.42 bits per heavy atom. The predicted molar refractivity (Wildman–Crippen MR) is 56.6 cm³/mol. The molecule has 0 aromatic rings. The second kappa shape index (κ2) is 4.49. The highest BCUT2D eigenvalue weighted by molar-refractivity contribution is 8.00. The summed E-state index contributed by atoms with van der Waals surface area (Å²) < 4.78 is 0.476. The molecule has 1 unspecified atom stereocenters. The van der Waals surface area contributed by atoms with Gasteiger partial charge in [-0.25, -0.2) is 0 Å². The normalized spacial score (nSPS) is 32.2. The number of nitrogens with one attached hydrogen (secondary N) is 1. The average molecular weight is 188 g/mol. The van der Waals surface area contributed by atoms with Gasteiger partial charge in [-0.2, -0.15) is 11.8 Å². The molecule has 2 atom stereocenters. The molecular weight excluding hydrogens is 168 g/mol. The molecule has 0 amide bonds. The largest absolute Gasteiger partial charge is 0.329 e. The third-order valence-corrected chi connectivity index (χ3v) is 4.02. The summed E-state index contributed by atoms with van der Waals surface area (Å²) in [5, 5.41) is 3.47. The van der Waals surface area contributed by atoms with E-state index >= 15 is 0 Å². The van der Waals surface area contributed by atoms with Gasteiger partial charge < -0.3 is 11.1 Å². The van der Waals surface area contributed by atoms with Crippen LogP contribution in [0.4, 0.5) is 0 Å². The SMILES string of the molecule is C[C@H](CN)NCC1(C)CCCS1. The van der Waals surface area contributed by atoms with E-state index in [0.29, 0.717) is 10.8 Å². The van der Waals surface area contributed by atoms with Crippen LogP contribution in [-0.4, -0.2) is 29.6 Å². The van der Waals surface area contributed by atoms with E-state index in [-0.39, 0.29) is 0 Å². The van der Waals surface area contributed by atoms with E-state index in [0.717, 1.165) is 13.1 Å². The predicted octanol–water partition coefficient (Wildman–Crippen LogP) is 1.21. The maximum absolute atomic E-state index is 5.53. The van der Waals surface area contributed by atoms with Gasteiger partial charge in [0.1, 0.15) is 0 Å². The smallest absolute Gasteiger partial charge is 0.0256 e. The Kier molecular flexibility index (Phi) is 3.87. The van der Waals surface area contributed by atoms with Crippen molar-refractivity contribution in [2.24, 2.45) is 5.73 Å². The Morgan fingerprint density at radius 1 is 1.67 bits per heavy atom. The van der Waals surface area contributed by atoms with Crippen molar-refractivity contribution in [2.75, 3.05) is 18.8 Å². The second-order valence-electron chi connectivity index (χ2n) is 3.92. The van der Waals surface area contributed by atoms with E-state index in [2.05, 4.69) is 30.9 Å². The molecule has 2 nitrogen and oxygen atoms in total. The monoisotopic (exact) mass is 188 g/mol. The number of thioether (sulfide) groups is 1. The van der Waals surface area contributed by atoms with Crippen LogP contribution in [0.2, 0.25) is 0 Å². The van der Waals surface area contributed by atoms with Gasteiger partial charge >= 0.3 is 0 Å². The number of hydrogen-bond acceptors (Lipinski definition) is 3. The van der Waals surface area contributed by atoms with Crippen molar-refractivity contribution >= 4 is 11.8 Å². The molecule has 1 aliphatic heterocycles. The summed E-state index contributed by atoms with van der Waals surface area (Å²) >= 11 is 2.09. The molecule has 72 valence electrons. The Hall–Kier alpha value is 0.270. The molecule has 0 radical (unpaired) electrons. The molecule has 0 spiro atoms. The molecule has 1 saturated heterocycles. The van der Waals surface area contributed by atoms with Gasteiger partial charge in [-0.3, -0.25) is 0 Å². The zero-order valence-corrected chi connectivity index (χ0v) is 8.91. The summed E-state index contributed by atoms with van der Waals surface area (Å²) in [5.74, 6) is 1.33. The molecule has 3 N–H and O–H groups in total. The van der Waals surface area contributed by atoms with E-state index < -0.39 is 0 Å². The zero-order chi connectivity index (χ0) is 9.03. The molecule has 12 heavy (non-hydrogen) atoms. The number of hydrogen-bond donors (Lipinski definition) is 2. The van der Waals surface area contributed by atoms with E-state index in [9.17, 15) is 0 Å². The minimum Gasteiger partial charge on any atom is -0.329 e. The summed E-state index contributed by atoms with van der Waals surface area (Å²) in [5.41, 5.74) is 5.53. The van der Waals surface area contributed by atoms with Gasteiger partial charge in [0.15, 0.2) is 0 Å². The minimum absolute atomic E-state index is 0.461. The lowest BCUT2D eigenvalue weighted by atomic mass is 10.1. The third-order valence-electron chi connectivity index (χ3n) is 2.48. The van der Waals surface area contributed by atoms with Crippen LogP contribution in [0.15, 0.2) is 0 Å². The fourth-order valence-corrected chi connectivity index (χ4v) is 2.71. The van der Waals surface area contributed by atoms with Gasteiger partial charge in [-0.15, -0.1) is 0 Å². The number of nitrogens with two attached hydrogens (primary N) is 1. The van der Waals surface area contributed by atoms with Crippen LogP contribution >= 0.6 is 11.8 Å². The fraction of sp³-hybridized carbons (Fsp3) is 1.00. The molecule has 0 saturated carbocycles. The first kappa shape index (κ1) is 10.4. The average Bonchev–Trinajstić information content (AvgIpc) is 2.49.